The van der Waals surface area contributed by atoms with E-state index in [1.165, 1.54) is 0 Å². The lowest BCUT2D eigenvalue weighted by molar-refractivity contribution is -0.0186. The lowest BCUT2D eigenvalue weighted by atomic mass is 9.96. The molecule has 1 aliphatic heterocycles. The average molecular weight is 549 g/mol. The topological polar surface area (TPSA) is 87.0 Å². The van der Waals surface area contributed by atoms with Crippen LogP contribution in [0.25, 0.3) is 22.0 Å². The van der Waals surface area contributed by atoms with E-state index in [1.807, 2.05) is 74.9 Å². The summed E-state index contributed by atoms with van der Waals surface area (Å²) in [6, 6.07) is 15.6. The maximum atomic E-state index is 14.4. The summed E-state index contributed by atoms with van der Waals surface area (Å²) >= 11 is 0. The van der Waals surface area contributed by atoms with Crippen molar-refractivity contribution in [3.63, 3.8) is 0 Å². The number of aliphatic hydroxyl groups excluding tert-OH is 1. The van der Waals surface area contributed by atoms with Crippen LogP contribution < -0.4 is 5.32 Å². The maximum Gasteiger partial charge on any atom is 0.317 e. The molecule has 0 radical (unpaired) electrons. The van der Waals surface area contributed by atoms with E-state index in [2.05, 4.69) is 25.2 Å². The Hall–Kier alpha value is -3.36. The first kappa shape index (κ1) is 29.6. The highest BCUT2D eigenvalue weighted by atomic mass is 16.5. The SMILES string of the molecule is CC(C)[C@H](C)NC(=O)N(C)C[C@@H]1OCc2ccccc2-c2c(n(C)c3ccccc23)C(=O)N([C@H](C)CO)C[C@@H]1C. The zero-order valence-electron chi connectivity index (χ0n) is 24.8. The molecular weight excluding hydrogens is 504 g/mol. The van der Waals surface area contributed by atoms with Crippen LogP contribution in [0.3, 0.4) is 0 Å². The van der Waals surface area contributed by atoms with Crippen molar-refractivity contribution < 1.29 is 19.4 Å². The summed E-state index contributed by atoms with van der Waals surface area (Å²) < 4.78 is 8.56. The van der Waals surface area contributed by atoms with E-state index in [9.17, 15) is 14.7 Å². The zero-order chi connectivity index (χ0) is 29.1. The zero-order valence-corrected chi connectivity index (χ0v) is 24.8. The second kappa shape index (κ2) is 12.4. The molecule has 0 spiro atoms. The molecule has 0 bridgehead atoms. The van der Waals surface area contributed by atoms with Crippen molar-refractivity contribution in [2.45, 2.75) is 59.4 Å². The average Bonchev–Trinajstić information content (AvgIpc) is 3.23. The molecule has 3 amide bonds. The summed E-state index contributed by atoms with van der Waals surface area (Å²) in [5, 5.41) is 14.2. The number of likely N-dealkylation sites (N-methyl/N-ethyl adjacent to an activating group) is 1. The summed E-state index contributed by atoms with van der Waals surface area (Å²) in [7, 11) is 3.70. The first-order chi connectivity index (χ1) is 19.0. The molecule has 4 atom stereocenters. The van der Waals surface area contributed by atoms with E-state index in [0.29, 0.717) is 31.3 Å². The number of fused-ring (bicyclic) bond motifs is 5. The number of hydrogen-bond acceptors (Lipinski definition) is 4. The van der Waals surface area contributed by atoms with E-state index in [1.54, 1.807) is 16.8 Å². The minimum atomic E-state index is -0.398. The van der Waals surface area contributed by atoms with Gasteiger partial charge in [0.05, 0.1) is 25.4 Å². The van der Waals surface area contributed by atoms with Crippen molar-refractivity contribution in [3.05, 3.63) is 59.8 Å². The van der Waals surface area contributed by atoms with E-state index in [4.69, 9.17) is 4.74 Å². The largest absolute Gasteiger partial charge is 0.394 e. The Balaban J connectivity index is 1.79. The van der Waals surface area contributed by atoms with Crippen molar-refractivity contribution in [3.8, 4) is 11.1 Å². The Labute approximate surface area is 237 Å². The smallest absolute Gasteiger partial charge is 0.317 e. The van der Waals surface area contributed by atoms with Crippen LogP contribution in [0, 0.1) is 11.8 Å². The second-order valence-corrected chi connectivity index (χ2v) is 11.6. The molecule has 2 heterocycles. The highest BCUT2D eigenvalue weighted by Crippen LogP contribution is 2.38. The molecule has 3 aromatic rings. The third-order valence-corrected chi connectivity index (χ3v) is 8.38. The lowest BCUT2D eigenvalue weighted by Crippen LogP contribution is -2.50. The molecule has 2 aromatic carbocycles. The van der Waals surface area contributed by atoms with E-state index >= 15 is 0 Å². The molecule has 2 N–H and O–H groups in total. The third kappa shape index (κ3) is 5.88. The number of hydrogen-bond donors (Lipinski definition) is 2. The number of rotatable bonds is 6. The Kier molecular flexibility index (Phi) is 9.21. The minimum Gasteiger partial charge on any atom is -0.394 e. The van der Waals surface area contributed by atoms with Crippen molar-refractivity contribution in [1.29, 1.82) is 0 Å². The number of aromatic nitrogens is 1. The van der Waals surface area contributed by atoms with Gasteiger partial charge in [-0.15, -0.1) is 0 Å². The number of carbonyl (C=O) groups excluding carboxylic acids is 2. The molecule has 40 heavy (non-hydrogen) atoms. The first-order valence-electron chi connectivity index (χ1n) is 14.3. The standard InChI is InChI=1S/C32H44N4O4/c1-20(2)23(5)33-32(39)34(6)17-28-21(3)16-36(22(4)18-37)31(38)30-29(25-13-9-8-12-24(25)19-40-28)26-14-10-11-15-27(26)35(30)7/h8-15,20-23,28,37H,16-19H2,1-7H3,(H,33,39)/t21-,22+,23-,28-/m0/s1. The highest BCUT2D eigenvalue weighted by Gasteiger charge is 2.34. The number of benzene rings is 2. The number of nitrogens with one attached hydrogen (secondary N) is 1. The van der Waals surface area contributed by atoms with Crippen LogP contribution in [0.5, 0.6) is 0 Å². The van der Waals surface area contributed by atoms with Gasteiger partial charge in [-0.3, -0.25) is 4.79 Å². The van der Waals surface area contributed by atoms with Gasteiger partial charge in [-0.05, 0) is 37.0 Å². The van der Waals surface area contributed by atoms with Gasteiger partial charge < -0.3 is 29.5 Å². The van der Waals surface area contributed by atoms with Gasteiger partial charge in [0.2, 0.25) is 0 Å². The molecule has 4 rings (SSSR count). The van der Waals surface area contributed by atoms with E-state index < -0.39 is 6.04 Å². The van der Waals surface area contributed by atoms with Gasteiger partial charge >= 0.3 is 6.03 Å². The Morgan fingerprint density at radius 1 is 1.12 bits per heavy atom. The van der Waals surface area contributed by atoms with Crippen molar-refractivity contribution in [2.75, 3.05) is 26.7 Å². The van der Waals surface area contributed by atoms with Crippen LogP contribution in [0.4, 0.5) is 4.79 Å². The van der Waals surface area contributed by atoms with Gasteiger partial charge in [0, 0.05) is 55.6 Å². The number of aryl methyl sites for hydroxylation is 1. The predicted octanol–water partition coefficient (Wildman–Crippen LogP) is 4.89. The monoisotopic (exact) mass is 548 g/mol. The number of aliphatic hydroxyl groups is 1. The molecule has 0 saturated carbocycles. The Morgan fingerprint density at radius 3 is 2.50 bits per heavy atom. The fraction of sp³-hybridized carbons (Fsp3) is 0.500. The van der Waals surface area contributed by atoms with E-state index in [0.717, 1.165) is 27.6 Å². The third-order valence-electron chi connectivity index (χ3n) is 8.38. The molecule has 0 saturated heterocycles. The molecule has 0 aliphatic carbocycles. The summed E-state index contributed by atoms with van der Waals surface area (Å²) in [5.41, 5.74) is 4.37. The molecular formula is C32H44N4O4. The lowest BCUT2D eigenvalue weighted by Gasteiger charge is -2.35. The van der Waals surface area contributed by atoms with Crippen LogP contribution in [-0.2, 0) is 18.4 Å². The van der Waals surface area contributed by atoms with E-state index in [-0.39, 0.29) is 36.6 Å². The van der Waals surface area contributed by atoms with Crippen LogP contribution in [-0.4, -0.2) is 76.3 Å². The van der Waals surface area contributed by atoms with Gasteiger partial charge in [-0.2, -0.15) is 0 Å². The number of ether oxygens (including phenoxy) is 1. The number of carbonyl (C=O) groups is 2. The molecule has 216 valence electrons. The van der Waals surface area contributed by atoms with Crippen molar-refractivity contribution in [1.82, 2.24) is 19.7 Å². The fourth-order valence-corrected chi connectivity index (χ4v) is 5.35. The van der Waals surface area contributed by atoms with Crippen molar-refractivity contribution in [2.24, 2.45) is 18.9 Å². The van der Waals surface area contributed by atoms with Crippen molar-refractivity contribution >= 4 is 22.8 Å². The van der Waals surface area contributed by atoms with Gasteiger partial charge in [0.15, 0.2) is 0 Å². The number of amides is 3. The summed E-state index contributed by atoms with van der Waals surface area (Å²) in [5.74, 6) is 0.0761. The van der Waals surface area contributed by atoms with Gasteiger partial charge in [0.1, 0.15) is 5.69 Å². The molecule has 1 aliphatic rings. The molecule has 8 nitrogen and oxygen atoms in total. The molecule has 1 aromatic heterocycles. The second-order valence-electron chi connectivity index (χ2n) is 11.6. The first-order valence-corrected chi connectivity index (χ1v) is 14.3. The summed E-state index contributed by atoms with van der Waals surface area (Å²) in [6.07, 6.45) is -0.336. The normalized spacial score (nSPS) is 19.5. The Bertz CT molecular complexity index is 1350. The van der Waals surface area contributed by atoms with Gasteiger partial charge in [0.25, 0.3) is 5.91 Å². The molecule has 0 fully saturated rings. The van der Waals surface area contributed by atoms with Crippen LogP contribution in [0.15, 0.2) is 48.5 Å². The van der Waals surface area contributed by atoms with Gasteiger partial charge in [-0.1, -0.05) is 63.2 Å². The quantitative estimate of drug-likeness (QED) is 0.459. The molecule has 0 unspecified atom stereocenters. The fourth-order valence-electron chi connectivity index (χ4n) is 5.35. The van der Waals surface area contributed by atoms with Crippen LogP contribution in [0.1, 0.15) is 50.7 Å². The van der Waals surface area contributed by atoms with Crippen LogP contribution >= 0.6 is 0 Å². The highest BCUT2D eigenvalue weighted by molar-refractivity contribution is 6.10. The minimum absolute atomic E-state index is 0.0413. The molecule has 8 heteroatoms. The summed E-state index contributed by atoms with van der Waals surface area (Å²) in [6.45, 7) is 11.0. The number of para-hydroxylation sites is 1. The number of nitrogens with zero attached hydrogens (tertiary/aromatic N) is 3. The van der Waals surface area contributed by atoms with Crippen LogP contribution in [0.2, 0.25) is 0 Å². The predicted molar refractivity (Wildman–Crippen MR) is 159 cm³/mol. The number of urea groups is 1. The van der Waals surface area contributed by atoms with Gasteiger partial charge in [-0.25, -0.2) is 4.79 Å². The Morgan fingerprint density at radius 2 is 1.80 bits per heavy atom. The maximum absolute atomic E-state index is 14.4. The summed E-state index contributed by atoms with van der Waals surface area (Å²) in [4.78, 5) is 30.8.